The van der Waals surface area contributed by atoms with Crippen molar-refractivity contribution in [1.29, 1.82) is 0 Å². The Labute approximate surface area is 126 Å². The van der Waals surface area contributed by atoms with Gasteiger partial charge in [0.05, 0.1) is 6.04 Å². The summed E-state index contributed by atoms with van der Waals surface area (Å²) in [6, 6.07) is 8.29. The molecule has 0 aliphatic carbocycles. The van der Waals surface area contributed by atoms with Gasteiger partial charge in [-0.15, -0.1) is 0 Å². The zero-order valence-electron chi connectivity index (χ0n) is 12.8. The van der Waals surface area contributed by atoms with Crippen molar-refractivity contribution in [3.63, 3.8) is 0 Å². The van der Waals surface area contributed by atoms with Crippen LogP contribution < -0.4 is 10.6 Å². The van der Waals surface area contributed by atoms with E-state index in [0.717, 1.165) is 26.1 Å². The van der Waals surface area contributed by atoms with Gasteiger partial charge in [0.25, 0.3) is 0 Å². The molecule has 1 aromatic rings. The number of amides is 1. The minimum absolute atomic E-state index is 0.0822. The minimum atomic E-state index is -0.0822. The van der Waals surface area contributed by atoms with Gasteiger partial charge >= 0.3 is 0 Å². The third-order valence-electron chi connectivity index (χ3n) is 4.68. The highest BCUT2D eigenvalue weighted by Gasteiger charge is 2.25. The summed E-state index contributed by atoms with van der Waals surface area (Å²) in [6.45, 7) is 3.88. The van der Waals surface area contributed by atoms with E-state index < -0.39 is 0 Å². The maximum Gasteiger partial charge on any atom is 0.237 e. The summed E-state index contributed by atoms with van der Waals surface area (Å²) in [7, 11) is 2.16. The van der Waals surface area contributed by atoms with Crippen LogP contribution in [-0.4, -0.2) is 43.5 Å². The number of carbonyl (C=O) groups is 1. The van der Waals surface area contributed by atoms with E-state index in [9.17, 15) is 4.79 Å². The number of rotatable bonds is 3. The molecule has 0 spiro atoms. The first-order valence-electron chi connectivity index (χ1n) is 7.99. The van der Waals surface area contributed by atoms with Gasteiger partial charge in [0.15, 0.2) is 0 Å². The topological polar surface area (TPSA) is 44.4 Å². The number of fused-ring (bicyclic) bond motifs is 1. The lowest BCUT2D eigenvalue weighted by molar-refractivity contribution is -0.123. The van der Waals surface area contributed by atoms with E-state index in [1.165, 1.54) is 30.5 Å². The van der Waals surface area contributed by atoms with Crippen molar-refractivity contribution >= 4 is 5.91 Å². The van der Waals surface area contributed by atoms with E-state index in [1.54, 1.807) is 0 Å². The molecule has 4 nitrogen and oxygen atoms in total. The minimum Gasteiger partial charge on any atom is -0.354 e. The summed E-state index contributed by atoms with van der Waals surface area (Å²) < 4.78 is 0. The van der Waals surface area contributed by atoms with Crippen LogP contribution in [0.4, 0.5) is 0 Å². The van der Waals surface area contributed by atoms with Crippen LogP contribution in [-0.2, 0) is 17.8 Å². The molecule has 114 valence electrons. The van der Waals surface area contributed by atoms with Gasteiger partial charge < -0.3 is 15.5 Å². The number of nitrogens with zero attached hydrogens (tertiary/aromatic N) is 1. The van der Waals surface area contributed by atoms with Crippen molar-refractivity contribution in [2.45, 2.75) is 31.8 Å². The van der Waals surface area contributed by atoms with Crippen LogP contribution in [0.1, 0.15) is 24.0 Å². The largest absolute Gasteiger partial charge is 0.354 e. The first-order valence-corrected chi connectivity index (χ1v) is 7.99. The second kappa shape index (κ2) is 6.58. The summed E-state index contributed by atoms with van der Waals surface area (Å²) in [4.78, 5) is 14.7. The Morgan fingerprint density at radius 2 is 2.19 bits per heavy atom. The highest BCUT2D eigenvalue weighted by molar-refractivity contribution is 5.82. The molecule has 0 bridgehead atoms. The molecule has 3 rings (SSSR count). The Morgan fingerprint density at radius 3 is 3.00 bits per heavy atom. The molecule has 4 heteroatoms. The molecule has 2 aliphatic heterocycles. The predicted molar refractivity (Wildman–Crippen MR) is 84.0 cm³/mol. The predicted octanol–water partition coefficient (Wildman–Crippen LogP) is 1.16. The average molecular weight is 287 g/mol. The number of hydrogen-bond donors (Lipinski definition) is 2. The number of piperidine rings is 1. The van der Waals surface area contributed by atoms with E-state index in [1.807, 2.05) is 0 Å². The second-order valence-electron chi connectivity index (χ2n) is 6.42. The molecule has 21 heavy (non-hydrogen) atoms. The van der Waals surface area contributed by atoms with Gasteiger partial charge in [-0.1, -0.05) is 24.3 Å². The van der Waals surface area contributed by atoms with Gasteiger partial charge in [0.2, 0.25) is 5.91 Å². The van der Waals surface area contributed by atoms with Crippen molar-refractivity contribution in [2.24, 2.45) is 5.92 Å². The van der Waals surface area contributed by atoms with E-state index in [-0.39, 0.29) is 11.9 Å². The molecule has 0 aromatic heterocycles. The molecule has 2 heterocycles. The smallest absolute Gasteiger partial charge is 0.237 e. The molecule has 0 radical (unpaired) electrons. The summed E-state index contributed by atoms with van der Waals surface area (Å²) in [5.74, 6) is 0.751. The van der Waals surface area contributed by atoms with Crippen LogP contribution in [0, 0.1) is 5.92 Å². The summed E-state index contributed by atoms with van der Waals surface area (Å²) >= 11 is 0. The maximum atomic E-state index is 12.3. The highest BCUT2D eigenvalue weighted by atomic mass is 16.2. The van der Waals surface area contributed by atoms with E-state index in [0.29, 0.717) is 5.92 Å². The molecule has 1 saturated heterocycles. The fourth-order valence-electron chi connectivity index (χ4n) is 3.45. The Morgan fingerprint density at radius 1 is 1.38 bits per heavy atom. The van der Waals surface area contributed by atoms with E-state index >= 15 is 0 Å². The number of benzene rings is 1. The molecule has 1 amide bonds. The van der Waals surface area contributed by atoms with E-state index in [4.69, 9.17) is 0 Å². The van der Waals surface area contributed by atoms with Crippen LogP contribution >= 0.6 is 0 Å². The summed E-state index contributed by atoms with van der Waals surface area (Å²) in [5, 5.41) is 6.49. The van der Waals surface area contributed by atoms with Gasteiger partial charge in [0, 0.05) is 19.6 Å². The number of nitrogens with one attached hydrogen (secondary N) is 2. The average Bonchev–Trinajstić information content (AvgIpc) is 2.52. The van der Waals surface area contributed by atoms with Crippen molar-refractivity contribution < 1.29 is 4.79 Å². The third kappa shape index (κ3) is 3.63. The lowest BCUT2D eigenvalue weighted by Gasteiger charge is -2.31. The molecule has 0 saturated carbocycles. The Kier molecular flexibility index (Phi) is 4.56. The molecule has 2 aliphatic rings. The van der Waals surface area contributed by atoms with Gasteiger partial charge in [-0.05, 0) is 49.9 Å². The van der Waals surface area contributed by atoms with Crippen molar-refractivity contribution in [3.05, 3.63) is 35.4 Å². The highest BCUT2D eigenvalue weighted by Crippen LogP contribution is 2.17. The standard InChI is InChI=1S/C17H25N3O/c1-20-8-4-5-13(12-20)10-19-17(21)16-9-14-6-2-3-7-15(14)11-18-16/h2-3,6-7,13,16,18H,4-5,8-12H2,1H3,(H,19,21)/t13?,16-/m0/s1. The molecular weight excluding hydrogens is 262 g/mol. The normalized spacial score (nSPS) is 26.1. The summed E-state index contributed by atoms with van der Waals surface area (Å²) in [6.07, 6.45) is 3.27. The fraction of sp³-hybridized carbons (Fsp3) is 0.588. The number of carbonyl (C=O) groups excluding carboxylic acids is 1. The quantitative estimate of drug-likeness (QED) is 0.877. The molecule has 2 N–H and O–H groups in total. The van der Waals surface area contributed by atoms with Crippen molar-refractivity contribution in [3.8, 4) is 0 Å². The van der Waals surface area contributed by atoms with Crippen LogP contribution in [0.5, 0.6) is 0 Å². The Hall–Kier alpha value is -1.39. The van der Waals surface area contributed by atoms with Crippen LogP contribution in [0.25, 0.3) is 0 Å². The third-order valence-corrected chi connectivity index (χ3v) is 4.68. The molecular formula is C17H25N3O. The monoisotopic (exact) mass is 287 g/mol. The van der Waals surface area contributed by atoms with Crippen LogP contribution in [0.2, 0.25) is 0 Å². The zero-order chi connectivity index (χ0) is 14.7. The van der Waals surface area contributed by atoms with Gasteiger partial charge in [-0.3, -0.25) is 4.79 Å². The van der Waals surface area contributed by atoms with Crippen LogP contribution in [0.3, 0.4) is 0 Å². The number of hydrogen-bond acceptors (Lipinski definition) is 3. The molecule has 1 aromatic carbocycles. The number of likely N-dealkylation sites (tertiary alicyclic amines) is 1. The first kappa shape index (κ1) is 14.5. The Bertz CT molecular complexity index is 503. The van der Waals surface area contributed by atoms with Crippen molar-refractivity contribution in [2.75, 3.05) is 26.7 Å². The van der Waals surface area contributed by atoms with Crippen molar-refractivity contribution in [1.82, 2.24) is 15.5 Å². The lowest BCUT2D eigenvalue weighted by Crippen LogP contribution is -2.49. The summed E-state index contributed by atoms with van der Waals surface area (Å²) in [5.41, 5.74) is 2.62. The van der Waals surface area contributed by atoms with E-state index in [2.05, 4.69) is 46.8 Å². The molecule has 1 fully saturated rings. The van der Waals surface area contributed by atoms with Crippen LogP contribution in [0.15, 0.2) is 24.3 Å². The Balaban J connectivity index is 1.50. The van der Waals surface area contributed by atoms with Gasteiger partial charge in [-0.25, -0.2) is 0 Å². The first-order chi connectivity index (χ1) is 10.2. The van der Waals surface area contributed by atoms with Gasteiger partial charge in [0.1, 0.15) is 0 Å². The fourth-order valence-corrected chi connectivity index (χ4v) is 3.45. The molecule has 1 unspecified atom stereocenters. The van der Waals surface area contributed by atoms with Gasteiger partial charge in [-0.2, -0.15) is 0 Å². The zero-order valence-corrected chi connectivity index (χ0v) is 12.8. The maximum absolute atomic E-state index is 12.3. The SMILES string of the molecule is CN1CCCC(CNC(=O)[C@@H]2Cc3ccccc3CN2)C1. The second-order valence-corrected chi connectivity index (χ2v) is 6.42. The lowest BCUT2D eigenvalue weighted by atomic mass is 9.95. The molecule has 2 atom stereocenters.